The van der Waals surface area contributed by atoms with Crippen LogP contribution in [0, 0.1) is 6.92 Å². The first-order valence-electron chi connectivity index (χ1n) is 7.25. The summed E-state index contributed by atoms with van der Waals surface area (Å²) in [6, 6.07) is 17.5. The number of rotatable bonds is 4. The van der Waals surface area contributed by atoms with Gasteiger partial charge in [0.2, 0.25) is 0 Å². The summed E-state index contributed by atoms with van der Waals surface area (Å²) < 4.78 is 0. The van der Waals surface area contributed by atoms with Crippen molar-refractivity contribution < 1.29 is 0 Å². The van der Waals surface area contributed by atoms with Crippen LogP contribution in [-0.2, 0) is 0 Å². The minimum atomic E-state index is 1.07. The van der Waals surface area contributed by atoms with Gasteiger partial charge in [0.05, 0.1) is 0 Å². The van der Waals surface area contributed by atoms with E-state index in [-0.39, 0.29) is 0 Å². The van der Waals surface area contributed by atoms with E-state index in [0.29, 0.717) is 0 Å². The van der Waals surface area contributed by atoms with Gasteiger partial charge >= 0.3 is 0 Å². The van der Waals surface area contributed by atoms with E-state index in [1.807, 2.05) is 0 Å². The SMILES string of the molecule is C/C=C(\C=C/CC)c1ccc(-c2ccc(C)cc2)cc1. The van der Waals surface area contributed by atoms with Gasteiger partial charge in [-0.15, -0.1) is 0 Å². The molecule has 0 saturated heterocycles. The summed E-state index contributed by atoms with van der Waals surface area (Å²) in [4.78, 5) is 0. The molecule has 0 unspecified atom stereocenters. The van der Waals surface area contributed by atoms with Crippen molar-refractivity contribution in [2.75, 3.05) is 0 Å². The third-order valence-corrected chi connectivity index (χ3v) is 3.45. The maximum Gasteiger partial charge on any atom is -0.0184 e. The Morgan fingerprint density at radius 3 is 1.95 bits per heavy atom. The standard InChI is InChI=1S/C20H22/c1-4-6-7-17(5-2)18-12-14-20(15-13-18)19-10-8-16(3)9-11-19/h5-15H,4H2,1-3H3/b7-6-,17-5+. The second-order valence-electron chi connectivity index (χ2n) is 5.00. The van der Waals surface area contributed by atoms with E-state index in [4.69, 9.17) is 0 Å². The summed E-state index contributed by atoms with van der Waals surface area (Å²) in [7, 11) is 0. The summed E-state index contributed by atoms with van der Waals surface area (Å²) >= 11 is 0. The predicted molar refractivity (Wildman–Crippen MR) is 89.7 cm³/mol. The molecule has 20 heavy (non-hydrogen) atoms. The van der Waals surface area contributed by atoms with E-state index >= 15 is 0 Å². The van der Waals surface area contributed by atoms with Crippen LogP contribution < -0.4 is 0 Å². The van der Waals surface area contributed by atoms with E-state index in [1.165, 1.54) is 27.8 Å². The van der Waals surface area contributed by atoms with Gasteiger partial charge in [-0.25, -0.2) is 0 Å². The zero-order chi connectivity index (χ0) is 14.4. The van der Waals surface area contributed by atoms with Gasteiger partial charge in [0.25, 0.3) is 0 Å². The molecule has 0 aliphatic heterocycles. The van der Waals surface area contributed by atoms with Crippen LogP contribution in [0.4, 0.5) is 0 Å². The molecule has 0 atom stereocenters. The molecule has 102 valence electrons. The van der Waals surface area contributed by atoms with Crippen LogP contribution in [-0.4, -0.2) is 0 Å². The second kappa shape index (κ2) is 6.91. The Kier molecular flexibility index (Phi) is 4.95. The average Bonchev–Trinajstić information content (AvgIpc) is 2.49. The molecule has 0 aliphatic rings. The number of benzene rings is 2. The van der Waals surface area contributed by atoms with Gasteiger partial charge in [-0.3, -0.25) is 0 Å². The van der Waals surface area contributed by atoms with Crippen LogP contribution in [0.25, 0.3) is 16.7 Å². The third-order valence-electron chi connectivity index (χ3n) is 3.45. The second-order valence-corrected chi connectivity index (χ2v) is 5.00. The van der Waals surface area contributed by atoms with Gasteiger partial charge in [0, 0.05) is 0 Å². The highest BCUT2D eigenvalue weighted by atomic mass is 14.0. The number of allylic oxidation sites excluding steroid dienone is 4. The lowest BCUT2D eigenvalue weighted by Gasteiger charge is -2.06. The molecule has 0 heteroatoms. The Balaban J connectivity index is 2.26. The van der Waals surface area contributed by atoms with Gasteiger partial charge in [0.1, 0.15) is 0 Å². The molecule has 2 rings (SSSR count). The minimum Gasteiger partial charge on any atom is -0.0842 e. The smallest absolute Gasteiger partial charge is 0.0184 e. The van der Waals surface area contributed by atoms with E-state index in [2.05, 4.69) is 87.5 Å². The minimum absolute atomic E-state index is 1.07. The van der Waals surface area contributed by atoms with Crippen molar-refractivity contribution in [2.45, 2.75) is 27.2 Å². The lowest BCUT2D eigenvalue weighted by atomic mass is 9.99. The molecular weight excluding hydrogens is 240 g/mol. The molecule has 2 aromatic carbocycles. The molecule has 2 aromatic rings. The Labute approximate surface area is 122 Å². The molecule has 0 aliphatic carbocycles. The van der Waals surface area contributed by atoms with Crippen LogP contribution in [0.1, 0.15) is 31.4 Å². The number of hydrogen-bond donors (Lipinski definition) is 0. The fourth-order valence-electron chi connectivity index (χ4n) is 2.21. The highest BCUT2D eigenvalue weighted by molar-refractivity contribution is 5.75. The summed E-state index contributed by atoms with van der Waals surface area (Å²) in [5, 5.41) is 0. The lowest BCUT2D eigenvalue weighted by molar-refractivity contribution is 1.22. The van der Waals surface area contributed by atoms with Crippen LogP contribution in [0.15, 0.2) is 66.8 Å². The van der Waals surface area contributed by atoms with Gasteiger partial charge in [0.15, 0.2) is 0 Å². The van der Waals surface area contributed by atoms with Crippen molar-refractivity contribution in [3.8, 4) is 11.1 Å². The molecule has 0 amide bonds. The van der Waals surface area contributed by atoms with Crippen LogP contribution in [0.2, 0.25) is 0 Å². The van der Waals surface area contributed by atoms with Gasteiger partial charge in [-0.05, 0) is 42.5 Å². The zero-order valence-corrected chi connectivity index (χ0v) is 12.6. The largest absolute Gasteiger partial charge is 0.0842 e. The van der Waals surface area contributed by atoms with Gasteiger partial charge < -0.3 is 0 Å². The van der Waals surface area contributed by atoms with Crippen LogP contribution >= 0.6 is 0 Å². The first-order valence-corrected chi connectivity index (χ1v) is 7.25. The third kappa shape index (κ3) is 3.48. The number of aryl methyl sites for hydroxylation is 1. The van der Waals surface area contributed by atoms with Gasteiger partial charge in [-0.2, -0.15) is 0 Å². The highest BCUT2D eigenvalue weighted by Crippen LogP contribution is 2.23. The molecular formula is C20H22. The number of hydrogen-bond acceptors (Lipinski definition) is 0. The average molecular weight is 262 g/mol. The van der Waals surface area contributed by atoms with Crippen molar-refractivity contribution in [1.29, 1.82) is 0 Å². The van der Waals surface area contributed by atoms with E-state index in [9.17, 15) is 0 Å². The molecule has 0 aromatic heterocycles. The molecule has 0 N–H and O–H groups in total. The molecule has 0 fully saturated rings. The topological polar surface area (TPSA) is 0 Å². The van der Waals surface area contributed by atoms with Crippen molar-refractivity contribution in [1.82, 2.24) is 0 Å². The van der Waals surface area contributed by atoms with E-state index < -0.39 is 0 Å². The van der Waals surface area contributed by atoms with Crippen LogP contribution in [0.5, 0.6) is 0 Å². The van der Waals surface area contributed by atoms with E-state index in [0.717, 1.165) is 6.42 Å². The Bertz CT molecular complexity index is 595. The zero-order valence-electron chi connectivity index (χ0n) is 12.6. The summed E-state index contributed by atoms with van der Waals surface area (Å²) in [5.41, 5.74) is 6.39. The Hall–Kier alpha value is -2.08. The maximum atomic E-state index is 2.20. The molecule has 0 bridgehead atoms. The van der Waals surface area contributed by atoms with Crippen molar-refractivity contribution >= 4 is 5.57 Å². The fourth-order valence-corrected chi connectivity index (χ4v) is 2.21. The fraction of sp³-hybridized carbons (Fsp3) is 0.200. The molecule has 0 saturated carbocycles. The molecule has 0 radical (unpaired) electrons. The first-order chi connectivity index (χ1) is 9.74. The van der Waals surface area contributed by atoms with Crippen molar-refractivity contribution in [2.24, 2.45) is 0 Å². The van der Waals surface area contributed by atoms with Gasteiger partial charge in [-0.1, -0.05) is 79.2 Å². The summed E-state index contributed by atoms with van der Waals surface area (Å²) in [5.74, 6) is 0. The van der Waals surface area contributed by atoms with E-state index in [1.54, 1.807) is 0 Å². The first kappa shape index (κ1) is 14.3. The summed E-state index contributed by atoms with van der Waals surface area (Å²) in [6.45, 7) is 6.36. The lowest BCUT2D eigenvalue weighted by Crippen LogP contribution is -1.83. The molecule has 0 nitrogen and oxygen atoms in total. The van der Waals surface area contributed by atoms with Crippen molar-refractivity contribution in [3.63, 3.8) is 0 Å². The maximum absolute atomic E-state index is 2.20. The summed E-state index contributed by atoms with van der Waals surface area (Å²) in [6.07, 6.45) is 7.62. The Morgan fingerprint density at radius 2 is 1.45 bits per heavy atom. The highest BCUT2D eigenvalue weighted by Gasteiger charge is 2.00. The quantitative estimate of drug-likeness (QED) is 0.590. The predicted octanol–water partition coefficient (Wildman–Crippen LogP) is 6.03. The van der Waals surface area contributed by atoms with Crippen LogP contribution in [0.3, 0.4) is 0 Å². The normalized spacial score (nSPS) is 12.1. The monoisotopic (exact) mass is 262 g/mol. The Morgan fingerprint density at radius 1 is 0.900 bits per heavy atom. The van der Waals surface area contributed by atoms with Crippen molar-refractivity contribution in [3.05, 3.63) is 77.9 Å². The molecule has 0 spiro atoms. The molecule has 0 heterocycles.